The first-order valence-electron chi connectivity index (χ1n) is 9.24. The van der Waals surface area contributed by atoms with Crippen molar-refractivity contribution >= 4 is 16.7 Å². The number of methoxy groups -OCH3 is 1. The van der Waals surface area contributed by atoms with Gasteiger partial charge in [0.05, 0.1) is 12.8 Å². The normalized spacial score (nSPS) is 10.9. The van der Waals surface area contributed by atoms with Gasteiger partial charge in [-0.25, -0.2) is 14.2 Å². The highest BCUT2D eigenvalue weighted by atomic mass is 19.1. The molecule has 0 fully saturated rings. The summed E-state index contributed by atoms with van der Waals surface area (Å²) < 4.78 is 30.2. The van der Waals surface area contributed by atoms with Crippen LogP contribution in [0.4, 0.5) is 10.1 Å². The summed E-state index contributed by atoms with van der Waals surface area (Å²) in [5.41, 5.74) is 8.43. The average Bonchev–Trinajstić information content (AvgIpc) is 2.73. The van der Waals surface area contributed by atoms with Crippen molar-refractivity contribution in [2.45, 2.75) is 13.3 Å². The molecule has 7 heteroatoms. The van der Waals surface area contributed by atoms with Gasteiger partial charge < -0.3 is 19.6 Å². The molecule has 0 unspecified atom stereocenters. The van der Waals surface area contributed by atoms with Gasteiger partial charge in [0.2, 0.25) is 0 Å². The van der Waals surface area contributed by atoms with Crippen LogP contribution < -0.4 is 20.8 Å². The van der Waals surface area contributed by atoms with Crippen molar-refractivity contribution in [3.05, 3.63) is 87.7 Å². The van der Waals surface area contributed by atoms with E-state index in [0.29, 0.717) is 34.8 Å². The molecule has 0 atom stereocenters. The second-order valence-corrected chi connectivity index (χ2v) is 6.76. The van der Waals surface area contributed by atoms with Gasteiger partial charge in [0.1, 0.15) is 17.1 Å². The lowest BCUT2D eigenvalue weighted by molar-refractivity contribution is 0.412. The van der Waals surface area contributed by atoms with E-state index in [1.54, 1.807) is 24.3 Å². The Morgan fingerprint density at radius 2 is 2.00 bits per heavy atom. The van der Waals surface area contributed by atoms with E-state index < -0.39 is 11.4 Å². The molecule has 2 heterocycles. The molecule has 2 aromatic carbocycles. The summed E-state index contributed by atoms with van der Waals surface area (Å²) in [4.78, 5) is 16.6. The summed E-state index contributed by atoms with van der Waals surface area (Å²) in [6.07, 6.45) is 1.75. The SMILES string of the molecule is COc1c(N)cccc1Cc1c(C)c2ccc(Oc3ncccc3F)cc2oc1=O. The molecule has 0 saturated carbocycles. The van der Waals surface area contributed by atoms with Gasteiger partial charge in [0.25, 0.3) is 5.88 Å². The van der Waals surface area contributed by atoms with Crippen molar-refractivity contribution in [1.82, 2.24) is 4.98 Å². The Labute approximate surface area is 171 Å². The average molecular weight is 406 g/mol. The number of fused-ring (bicyclic) bond motifs is 1. The van der Waals surface area contributed by atoms with Crippen LogP contribution in [0.5, 0.6) is 17.4 Å². The van der Waals surface area contributed by atoms with Gasteiger partial charge in [-0.3, -0.25) is 0 Å². The van der Waals surface area contributed by atoms with Gasteiger partial charge in [-0.2, -0.15) is 0 Å². The maximum absolute atomic E-state index is 13.8. The van der Waals surface area contributed by atoms with Crippen molar-refractivity contribution in [2.75, 3.05) is 12.8 Å². The Morgan fingerprint density at radius 3 is 2.77 bits per heavy atom. The van der Waals surface area contributed by atoms with Crippen molar-refractivity contribution < 1.29 is 18.3 Å². The van der Waals surface area contributed by atoms with Crippen LogP contribution in [-0.2, 0) is 6.42 Å². The summed E-state index contributed by atoms with van der Waals surface area (Å²) in [6.45, 7) is 1.85. The lowest BCUT2D eigenvalue weighted by Gasteiger charge is -2.13. The molecule has 0 saturated heterocycles. The molecule has 6 nitrogen and oxygen atoms in total. The number of aryl methyl sites for hydroxylation is 1. The van der Waals surface area contributed by atoms with Gasteiger partial charge in [0, 0.05) is 35.2 Å². The minimum absolute atomic E-state index is 0.152. The second-order valence-electron chi connectivity index (χ2n) is 6.76. The highest BCUT2D eigenvalue weighted by Crippen LogP contribution is 2.31. The van der Waals surface area contributed by atoms with E-state index in [9.17, 15) is 9.18 Å². The van der Waals surface area contributed by atoms with E-state index in [1.807, 2.05) is 19.1 Å². The first-order valence-corrected chi connectivity index (χ1v) is 9.24. The molecule has 0 aliphatic carbocycles. The van der Waals surface area contributed by atoms with Gasteiger partial charge in [-0.1, -0.05) is 12.1 Å². The standard InChI is InChI=1S/C23H19FN2O4/c1-13-16-9-8-15(29-22-18(24)6-4-10-26-22)12-20(16)30-23(27)17(13)11-14-5-3-7-19(25)21(14)28-2/h3-10,12H,11,25H2,1-2H3. The lowest BCUT2D eigenvalue weighted by Crippen LogP contribution is -2.11. The Hall–Kier alpha value is -3.87. The highest BCUT2D eigenvalue weighted by molar-refractivity contribution is 5.82. The van der Waals surface area contributed by atoms with Crippen molar-refractivity contribution in [1.29, 1.82) is 0 Å². The Morgan fingerprint density at radius 1 is 1.17 bits per heavy atom. The molecule has 0 bridgehead atoms. The fourth-order valence-electron chi connectivity index (χ4n) is 3.38. The van der Waals surface area contributed by atoms with Gasteiger partial charge in [-0.15, -0.1) is 0 Å². The monoisotopic (exact) mass is 406 g/mol. The topological polar surface area (TPSA) is 87.6 Å². The van der Waals surface area contributed by atoms with E-state index >= 15 is 0 Å². The summed E-state index contributed by atoms with van der Waals surface area (Å²) in [5.74, 6) is 0.119. The number of pyridine rings is 1. The third-order valence-corrected chi connectivity index (χ3v) is 4.90. The van der Waals surface area contributed by atoms with Crippen LogP contribution >= 0.6 is 0 Å². The zero-order chi connectivity index (χ0) is 21.3. The molecule has 4 aromatic rings. The number of rotatable bonds is 5. The molecular weight excluding hydrogens is 387 g/mol. The third-order valence-electron chi connectivity index (χ3n) is 4.90. The fourth-order valence-corrected chi connectivity index (χ4v) is 3.38. The number of benzene rings is 2. The van der Waals surface area contributed by atoms with Crippen LogP contribution in [0.1, 0.15) is 16.7 Å². The smallest absolute Gasteiger partial charge is 0.340 e. The van der Waals surface area contributed by atoms with Crippen LogP contribution in [0.2, 0.25) is 0 Å². The summed E-state index contributed by atoms with van der Waals surface area (Å²) >= 11 is 0. The number of halogens is 1. The van der Waals surface area contributed by atoms with Gasteiger partial charge >= 0.3 is 5.63 Å². The predicted molar refractivity (Wildman–Crippen MR) is 112 cm³/mol. The zero-order valence-electron chi connectivity index (χ0n) is 16.4. The Balaban J connectivity index is 1.73. The molecule has 0 radical (unpaired) electrons. The molecule has 2 aromatic heterocycles. The maximum atomic E-state index is 13.8. The fraction of sp³-hybridized carbons (Fsp3) is 0.130. The number of aromatic nitrogens is 1. The number of nitrogen functional groups attached to an aromatic ring is 1. The van der Waals surface area contributed by atoms with E-state index in [-0.39, 0.29) is 5.88 Å². The number of para-hydroxylation sites is 1. The summed E-state index contributed by atoms with van der Waals surface area (Å²) in [5, 5.41) is 0.751. The molecule has 4 rings (SSSR count). The van der Waals surface area contributed by atoms with Crippen LogP contribution in [0.15, 0.2) is 63.9 Å². The van der Waals surface area contributed by atoms with Crippen LogP contribution in [0.3, 0.4) is 0 Å². The Bertz CT molecular complexity index is 1300. The first-order chi connectivity index (χ1) is 14.5. The van der Waals surface area contributed by atoms with Gasteiger partial charge in [-0.05, 0) is 42.8 Å². The Kier molecular flexibility index (Phi) is 5.10. The minimum atomic E-state index is -0.582. The molecule has 152 valence electrons. The zero-order valence-corrected chi connectivity index (χ0v) is 16.4. The molecule has 0 spiro atoms. The van der Waals surface area contributed by atoms with Gasteiger partial charge in [0.15, 0.2) is 5.82 Å². The largest absolute Gasteiger partial charge is 0.494 e. The lowest BCUT2D eigenvalue weighted by atomic mass is 9.98. The number of ether oxygens (including phenoxy) is 2. The van der Waals surface area contributed by atoms with E-state index in [0.717, 1.165) is 16.5 Å². The molecular formula is C23H19FN2O4. The quantitative estimate of drug-likeness (QED) is 0.385. The van der Waals surface area contributed by atoms with Crippen molar-refractivity contribution in [3.63, 3.8) is 0 Å². The highest BCUT2D eigenvalue weighted by Gasteiger charge is 2.16. The maximum Gasteiger partial charge on any atom is 0.340 e. The number of nitrogens with two attached hydrogens (primary N) is 1. The number of nitrogens with zero attached hydrogens (tertiary/aromatic N) is 1. The van der Waals surface area contributed by atoms with Crippen molar-refractivity contribution in [3.8, 4) is 17.4 Å². The number of hydrogen-bond acceptors (Lipinski definition) is 6. The molecule has 0 aliphatic rings. The first kappa shape index (κ1) is 19.4. The van der Waals surface area contributed by atoms with E-state index in [2.05, 4.69) is 4.98 Å². The molecule has 30 heavy (non-hydrogen) atoms. The van der Waals surface area contributed by atoms with E-state index in [1.165, 1.54) is 25.4 Å². The van der Waals surface area contributed by atoms with Crippen LogP contribution in [0.25, 0.3) is 11.0 Å². The summed E-state index contributed by atoms with van der Waals surface area (Å²) in [6, 6.07) is 13.1. The molecule has 0 amide bonds. The molecule has 0 aliphatic heterocycles. The second kappa shape index (κ2) is 7.87. The van der Waals surface area contributed by atoms with Crippen molar-refractivity contribution in [2.24, 2.45) is 0 Å². The van der Waals surface area contributed by atoms with Crippen LogP contribution in [0, 0.1) is 12.7 Å². The van der Waals surface area contributed by atoms with E-state index in [4.69, 9.17) is 19.6 Å². The third kappa shape index (κ3) is 3.57. The molecule has 2 N–H and O–H groups in total. The summed E-state index contributed by atoms with van der Waals surface area (Å²) in [7, 11) is 1.54. The van der Waals surface area contributed by atoms with Crippen LogP contribution in [-0.4, -0.2) is 12.1 Å². The number of hydrogen-bond donors (Lipinski definition) is 1. The minimum Gasteiger partial charge on any atom is -0.494 e. The predicted octanol–water partition coefficient (Wildman–Crippen LogP) is 4.61. The number of anilines is 1.